The number of benzene rings is 2. The van der Waals surface area contributed by atoms with Gasteiger partial charge in [0.1, 0.15) is 18.0 Å². The topological polar surface area (TPSA) is 102 Å². The van der Waals surface area contributed by atoms with Crippen LogP contribution in [-0.2, 0) is 22.6 Å². The summed E-state index contributed by atoms with van der Waals surface area (Å²) < 4.78 is 6.49. The van der Waals surface area contributed by atoms with Crippen LogP contribution in [0.1, 0.15) is 12.1 Å². The van der Waals surface area contributed by atoms with Gasteiger partial charge in [0.05, 0.1) is 18.1 Å². The number of methoxy groups -OCH3 is 1. The molecule has 0 radical (unpaired) electrons. The van der Waals surface area contributed by atoms with E-state index in [0.717, 1.165) is 0 Å². The summed E-state index contributed by atoms with van der Waals surface area (Å²) in [7, 11) is 3.11. The number of para-hydroxylation sites is 2. The van der Waals surface area contributed by atoms with Crippen molar-refractivity contribution in [1.82, 2.24) is 14.9 Å². The minimum absolute atomic E-state index is 0.148. The van der Waals surface area contributed by atoms with Crippen LogP contribution in [0, 0.1) is 0 Å². The maximum Gasteiger partial charge on any atom is 0.273 e. The fourth-order valence-corrected chi connectivity index (χ4v) is 2.94. The lowest BCUT2D eigenvalue weighted by molar-refractivity contribution is -0.120. The number of aryl methyl sites for hydroxylation is 1. The largest absolute Gasteiger partial charge is 0.497 e. The van der Waals surface area contributed by atoms with Gasteiger partial charge >= 0.3 is 0 Å². The standard InChI is InChI=1S/C21H22N4O4/c1-22-19(26)12-11-17-21(28)25(18-6-4-3-5-16(18)24-17)13-20(27)23-14-7-9-15(29-2)10-8-14/h3-10H,11-13H2,1-2H3,(H,22,26)(H,23,27). The number of nitrogens with one attached hydrogen (secondary N) is 2. The minimum atomic E-state index is -0.377. The molecule has 0 unspecified atom stereocenters. The minimum Gasteiger partial charge on any atom is -0.497 e. The summed E-state index contributed by atoms with van der Waals surface area (Å²) in [4.78, 5) is 41.4. The number of ether oxygens (including phenoxy) is 1. The lowest BCUT2D eigenvalue weighted by Gasteiger charge is -2.12. The third-order valence-electron chi connectivity index (χ3n) is 4.46. The van der Waals surface area contributed by atoms with Gasteiger partial charge in [0, 0.05) is 25.6 Å². The Morgan fingerprint density at radius 3 is 2.48 bits per heavy atom. The van der Waals surface area contributed by atoms with E-state index in [0.29, 0.717) is 22.5 Å². The van der Waals surface area contributed by atoms with Crippen molar-refractivity contribution in [3.63, 3.8) is 0 Å². The summed E-state index contributed by atoms with van der Waals surface area (Å²) in [5.74, 6) is 0.161. The van der Waals surface area contributed by atoms with Crippen molar-refractivity contribution in [2.24, 2.45) is 0 Å². The number of carbonyl (C=O) groups excluding carboxylic acids is 2. The molecule has 0 aliphatic rings. The highest BCUT2D eigenvalue weighted by molar-refractivity contribution is 5.91. The fourth-order valence-electron chi connectivity index (χ4n) is 2.94. The van der Waals surface area contributed by atoms with Crippen LogP contribution < -0.4 is 20.9 Å². The van der Waals surface area contributed by atoms with Gasteiger partial charge in [-0.15, -0.1) is 0 Å². The number of nitrogens with zero attached hydrogens (tertiary/aromatic N) is 2. The Morgan fingerprint density at radius 1 is 1.07 bits per heavy atom. The number of hydrogen-bond donors (Lipinski definition) is 2. The van der Waals surface area contributed by atoms with Gasteiger partial charge in [-0.05, 0) is 36.4 Å². The maximum atomic E-state index is 12.9. The number of amides is 2. The third kappa shape index (κ3) is 4.78. The third-order valence-corrected chi connectivity index (χ3v) is 4.46. The quantitative estimate of drug-likeness (QED) is 0.635. The first kappa shape index (κ1) is 20.1. The molecule has 0 saturated heterocycles. The average molecular weight is 394 g/mol. The summed E-state index contributed by atoms with van der Waals surface area (Å²) in [6, 6.07) is 14.0. The highest BCUT2D eigenvalue weighted by atomic mass is 16.5. The molecule has 0 aliphatic carbocycles. The Labute approximate surface area is 167 Å². The molecule has 0 atom stereocenters. The van der Waals surface area contributed by atoms with Gasteiger partial charge in [0.25, 0.3) is 5.56 Å². The van der Waals surface area contributed by atoms with Gasteiger partial charge in [0.15, 0.2) is 0 Å². The zero-order valence-electron chi connectivity index (χ0n) is 16.3. The van der Waals surface area contributed by atoms with Gasteiger partial charge < -0.3 is 15.4 Å². The Kier molecular flexibility index (Phi) is 6.23. The Bertz CT molecular complexity index is 1090. The van der Waals surface area contributed by atoms with E-state index in [2.05, 4.69) is 15.6 Å². The number of carbonyl (C=O) groups is 2. The zero-order valence-corrected chi connectivity index (χ0v) is 16.3. The van der Waals surface area contributed by atoms with Crippen molar-refractivity contribution in [3.8, 4) is 5.75 Å². The molecule has 150 valence electrons. The maximum absolute atomic E-state index is 12.9. The highest BCUT2D eigenvalue weighted by Gasteiger charge is 2.15. The van der Waals surface area contributed by atoms with Crippen molar-refractivity contribution in [1.29, 1.82) is 0 Å². The van der Waals surface area contributed by atoms with Crippen LogP contribution in [0.5, 0.6) is 5.75 Å². The smallest absolute Gasteiger partial charge is 0.273 e. The van der Waals surface area contributed by atoms with Crippen molar-refractivity contribution < 1.29 is 14.3 Å². The molecule has 2 amide bonds. The molecule has 0 bridgehead atoms. The van der Waals surface area contributed by atoms with Gasteiger partial charge in [-0.1, -0.05) is 12.1 Å². The van der Waals surface area contributed by atoms with Crippen LogP contribution in [0.25, 0.3) is 11.0 Å². The molecule has 0 aliphatic heterocycles. The summed E-state index contributed by atoms with van der Waals surface area (Å²) in [5, 5.41) is 5.30. The van der Waals surface area contributed by atoms with Crippen molar-refractivity contribution in [2.75, 3.05) is 19.5 Å². The second-order valence-electron chi connectivity index (χ2n) is 6.39. The molecule has 1 heterocycles. The average Bonchev–Trinajstić information content (AvgIpc) is 2.74. The first-order chi connectivity index (χ1) is 14.0. The van der Waals surface area contributed by atoms with Crippen molar-refractivity contribution in [3.05, 3.63) is 64.6 Å². The molecular formula is C21H22N4O4. The predicted molar refractivity (Wildman–Crippen MR) is 110 cm³/mol. The van der Waals surface area contributed by atoms with Gasteiger partial charge in [-0.2, -0.15) is 0 Å². The van der Waals surface area contributed by atoms with Crippen LogP contribution in [0.15, 0.2) is 53.3 Å². The summed E-state index contributed by atoms with van der Waals surface area (Å²) in [6.45, 7) is -0.166. The summed E-state index contributed by atoms with van der Waals surface area (Å²) in [6.07, 6.45) is 0.346. The van der Waals surface area contributed by atoms with Gasteiger partial charge in [-0.3, -0.25) is 19.0 Å². The number of fused-ring (bicyclic) bond motifs is 1. The molecule has 2 aromatic carbocycles. The Hall–Kier alpha value is -3.68. The zero-order chi connectivity index (χ0) is 20.8. The lowest BCUT2D eigenvalue weighted by atomic mass is 10.2. The number of aromatic nitrogens is 2. The first-order valence-electron chi connectivity index (χ1n) is 9.14. The van der Waals surface area contributed by atoms with E-state index in [9.17, 15) is 14.4 Å². The molecule has 8 heteroatoms. The van der Waals surface area contributed by atoms with E-state index in [1.54, 1.807) is 49.6 Å². The molecule has 8 nitrogen and oxygen atoms in total. The second kappa shape index (κ2) is 9.01. The van der Waals surface area contributed by atoms with Gasteiger partial charge in [-0.25, -0.2) is 4.98 Å². The van der Waals surface area contributed by atoms with E-state index < -0.39 is 0 Å². The fraction of sp³-hybridized carbons (Fsp3) is 0.238. The normalized spacial score (nSPS) is 10.6. The summed E-state index contributed by atoms with van der Waals surface area (Å²) >= 11 is 0. The number of hydrogen-bond acceptors (Lipinski definition) is 5. The Balaban J connectivity index is 1.88. The van der Waals surface area contributed by atoms with E-state index in [4.69, 9.17) is 4.74 Å². The molecule has 0 saturated carbocycles. The van der Waals surface area contributed by atoms with E-state index in [1.807, 2.05) is 6.07 Å². The molecule has 0 fully saturated rings. The van der Waals surface area contributed by atoms with Crippen molar-refractivity contribution in [2.45, 2.75) is 19.4 Å². The lowest BCUT2D eigenvalue weighted by Crippen LogP contribution is -2.31. The van der Waals surface area contributed by atoms with Crippen LogP contribution in [0.2, 0.25) is 0 Å². The van der Waals surface area contributed by atoms with Crippen LogP contribution in [0.4, 0.5) is 5.69 Å². The van der Waals surface area contributed by atoms with Crippen LogP contribution in [0.3, 0.4) is 0 Å². The molecule has 1 aromatic heterocycles. The molecule has 0 spiro atoms. The van der Waals surface area contributed by atoms with Crippen molar-refractivity contribution >= 4 is 28.5 Å². The van der Waals surface area contributed by atoms with Gasteiger partial charge in [0.2, 0.25) is 11.8 Å². The number of anilines is 1. The monoisotopic (exact) mass is 394 g/mol. The molecule has 3 aromatic rings. The van der Waals surface area contributed by atoms with E-state index >= 15 is 0 Å². The SMILES string of the molecule is CNC(=O)CCc1nc2ccccc2n(CC(=O)Nc2ccc(OC)cc2)c1=O. The molecular weight excluding hydrogens is 372 g/mol. The van der Waals surface area contributed by atoms with E-state index in [1.165, 1.54) is 11.6 Å². The second-order valence-corrected chi connectivity index (χ2v) is 6.39. The number of rotatable bonds is 7. The van der Waals surface area contributed by atoms with E-state index in [-0.39, 0.29) is 42.5 Å². The predicted octanol–water partition coefficient (Wildman–Crippen LogP) is 1.72. The first-order valence-corrected chi connectivity index (χ1v) is 9.14. The van der Waals surface area contributed by atoms with Crippen LogP contribution >= 0.6 is 0 Å². The Morgan fingerprint density at radius 2 is 1.79 bits per heavy atom. The molecule has 2 N–H and O–H groups in total. The molecule has 29 heavy (non-hydrogen) atoms. The van der Waals surface area contributed by atoms with Crippen LogP contribution in [-0.4, -0.2) is 35.5 Å². The summed E-state index contributed by atoms with van der Waals surface area (Å²) in [5.41, 5.74) is 1.63. The highest BCUT2D eigenvalue weighted by Crippen LogP contribution is 2.15. The molecule has 3 rings (SSSR count).